The molecule has 0 aliphatic heterocycles. The van der Waals surface area contributed by atoms with Crippen LogP contribution in [0, 0.1) is 0 Å². The predicted octanol–water partition coefficient (Wildman–Crippen LogP) is 0.467. The van der Waals surface area contributed by atoms with E-state index in [4.69, 9.17) is 0 Å². The summed E-state index contributed by atoms with van der Waals surface area (Å²) in [6.07, 6.45) is -3.36. The van der Waals surface area contributed by atoms with E-state index in [9.17, 15) is 18.0 Å². The Labute approximate surface area is 103 Å². The molecule has 0 aromatic carbocycles. The molecule has 2 rings (SSSR count). The Kier molecular flexibility index (Phi) is 3.19. The third kappa shape index (κ3) is 3.05. The summed E-state index contributed by atoms with van der Waals surface area (Å²) in [4.78, 5) is 13.8. The number of H-pyrrole nitrogens is 1. The van der Waals surface area contributed by atoms with Gasteiger partial charge in [0.1, 0.15) is 12.3 Å². The highest BCUT2D eigenvalue weighted by atomic mass is 19.4. The average molecular weight is 276 g/mol. The summed E-state index contributed by atoms with van der Waals surface area (Å²) in [6.45, 7) is 1.08. The van der Waals surface area contributed by atoms with Crippen molar-refractivity contribution in [2.24, 2.45) is 0 Å². The van der Waals surface area contributed by atoms with Crippen molar-refractivity contribution in [2.75, 3.05) is 0 Å². The molecule has 0 spiro atoms. The van der Waals surface area contributed by atoms with Gasteiger partial charge in [-0.05, 0) is 0 Å². The molecule has 2 aromatic rings. The van der Waals surface area contributed by atoms with E-state index in [0.717, 1.165) is 4.68 Å². The van der Waals surface area contributed by atoms with Gasteiger partial charge < -0.3 is 4.74 Å². The van der Waals surface area contributed by atoms with Crippen LogP contribution in [-0.2, 0) is 22.3 Å². The summed E-state index contributed by atoms with van der Waals surface area (Å²) in [5.74, 6) is -2.06. The normalized spacial score (nSPS) is 11.6. The van der Waals surface area contributed by atoms with Gasteiger partial charge in [-0.15, -0.1) is 10.2 Å². The molecule has 1 N–H and O–H groups in total. The molecular formula is C8H7F3N6O2. The second-order valence-corrected chi connectivity index (χ2v) is 3.42. The second-order valence-electron chi connectivity index (χ2n) is 3.42. The Balaban J connectivity index is 2.14. The number of halogens is 3. The molecule has 0 bridgehead atoms. The maximum absolute atomic E-state index is 12.3. The first-order valence-corrected chi connectivity index (χ1v) is 4.91. The minimum absolute atomic E-state index is 0.133. The molecule has 0 aliphatic rings. The van der Waals surface area contributed by atoms with Crippen molar-refractivity contribution in [1.82, 2.24) is 30.2 Å². The van der Waals surface area contributed by atoms with E-state index in [-0.39, 0.29) is 18.2 Å². The summed E-state index contributed by atoms with van der Waals surface area (Å²) in [6, 6.07) is 0. The van der Waals surface area contributed by atoms with Gasteiger partial charge in [0, 0.05) is 6.92 Å². The quantitative estimate of drug-likeness (QED) is 0.818. The monoisotopic (exact) mass is 276 g/mol. The van der Waals surface area contributed by atoms with Crippen molar-refractivity contribution in [3.8, 4) is 5.95 Å². The average Bonchev–Trinajstić information content (AvgIpc) is 2.94. The number of esters is 1. The Bertz CT molecular complexity index is 589. The van der Waals surface area contributed by atoms with Gasteiger partial charge in [-0.3, -0.25) is 9.89 Å². The largest absolute Gasteiger partial charge is 0.459 e. The minimum Gasteiger partial charge on any atom is -0.459 e. The number of nitrogens with zero attached hydrogens (tertiary/aromatic N) is 5. The third-order valence-corrected chi connectivity index (χ3v) is 1.91. The van der Waals surface area contributed by atoms with Crippen LogP contribution in [0.25, 0.3) is 5.95 Å². The van der Waals surface area contributed by atoms with Crippen LogP contribution in [-0.4, -0.2) is 36.1 Å². The number of aromatic nitrogens is 6. The van der Waals surface area contributed by atoms with Crippen molar-refractivity contribution < 1.29 is 22.7 Å². The molecule has 2 aromatic heterocycles. The van der Waals surface area contributed by atoms with Crippen molar-refractivity contribution in [3.63, 3.8) is 0 Å². The molecule has 19 heavy (non-hydrogen) atoms. The van der Waals surface area contributed by atoms with Crippen LogP contribution in [0.1, 0.15) is 18.4 Å². The lowest BCUT2D eigenvalue weighted by Gasteiger charge is -1.98. The number of hydrogen-bond donors (Lipinski definition) is 1. The van der Waals surface area contributed by atoms with E-state index in [1.54, 1.807) is 5.10 Å². The SMILES string of the molecule is CC(=O)OCc1cn(-c2n[nH]c(C(F)(F)F)n2)nn1. The molecule has 8 nitrogen and oxygen atoms in total. The van der Waals surface area contributed by atoms with Crippen molar-refractivity contribution in [1.29, 1.82) is 0 Å². The van der Waals surface area contributed by atoms with Crippen LogP contribution in [0.2, 0.25) is 0 Å². The summed E-state index contributed by atoms with van der Waals surface area (Å²) >= 11 is 0. The number of alkyl halides is 3. The smallest absolute Gasteiger partial charge is 0.451 e. The second kappa shape index (κ2) is 4.66. The standard InChI is InChI=1S/C8H7F3N6O2/c1-4(18)19-3-5-2-17(16-13-5)7-12-6(14-15-7)8(9,10)11/h2H,3H2,1H3,(H,12,14,15). The predicted molar refractivity (Wildman–Crippen MR) is 51.8 cm³/mol. The molecule has 0 aliphatic carbocycles. The molecule has 0 radical (unpaired) electrons. The molecule has 0 saturated carbocycles. The first-order chi connectivity index (χ1) is 8.86. The molecule has 0 unspecified atom stereocenters. The van der Waals surface area contributed by atoms with Crippen LogP contribution < -0.4 is 0 Å². The van der Waals surface area contributed by atoms with Gasteiger partial charge in [-0.25, -0.2) is 0 Å². The minimum atomic E-state index is -4.62. The van der Waals surface area contributed by atoms with Gasteiger partial charge in [0.15, 0.2) is 0 Å². The Hall–Kier alpha value is -2.46. The summed E-state index contributed by atoms with van der Waals surface area (Å²) in [5.41, 5.74) is 0.258. The molecule has 11 heteroatoms. The fraction of sp³-hybridized carbons (Fsp3) is 0.375. The zero-order valence-corrected chi connectivity index (χ0v) is 9.47. The topological polar surface area (TPSA) is 98.6 Å². The van der Waals surface area contributed by atoms with Gasteiger partial charge in [-0.2, -0.15) is 22.8 Å². The summed E-state index contributed by atoms with van der Waals surface area (Å²) in [7, 11) is 0. The van der Waals surface area contributed by atoms with Gasteiger partial charge in [0.25, 0.3) is 5.95 Å². The van der Waals surface area contributed by atoms with E-state index < -0.39 is 18.0 Å². The van der Waals surface area contributed by atoms with Gasteiger partial charge in [0.2, 0.25) is 5.82 Å². The Morgan fingerprint density at radius 2 is 2.26 bits per heavy atom. The highest BCUT2D eigenvalue weighted by Crippen LogP contribution is 2.25. The number of nitrogens with one attached hydrogen (secondary N) is 1. The highest BCUT2D eigenvalue weighted by molar-refractivity contribution is 5.65. The number of hydrogen-bond acceptors (Lipinski definition) is 6. The van der Waals surface area contributed by atoms with E-state index in [1.807, 2.05) is 0 Å². The van der Waals surface area contributed by atoms with Crippen molar-refractivity contribution in [3.05, 3.63) is 17.7 Å². The molecular weight excluding hydrogens is 269 g/mol. The van der Waals surface area contributed by atoms with Crippen molar-refractivity contribution >= 4 is 5.97 Å². The number of carbonyl (C=O) groups is 1. The lowest BCUT2D eigenvalue weighted by molar-refractivity contribution is -0.145. The van der Waals surface area contributed by atoms with Gasteiger partial charge in [-0.1, -0.05) is 5.21 Å². The van der Waals surface area contributed by atoms with Crippen molar-refractivity contribution in [2.45, 2.75) is 19.7 Å². The number of ether oxygens (including phenoxy) is 1. The van der Waals surface area contributed by atoms with E-state index in [2.05, 4.69) is 25.1 Å². The molecule has 0 amide bonds. The first-order valence-electron chi connectivity index (χ1n) is 4.91. The molecule has 2 heterocycles. The molecule has 0 fully saturated rings. The van der Waals surface area contributed by atoms with Crippen LogP contribution in [0.3, 0.4) is 0 Å². The van der Waals surface area contributed by atoms with E-state index in [0.29, 0.717) is 0 Å². The van der Waals surface area contributed by atoms with E-state index >= 15 is 0 Å². The number of aromatic amines is 1. The Morgan fingerprint density at radius 1 is 1.53 bits per heavy atom. The number of carbonyl (C=O) groups excluding carboxylic acids is 1. The zero-order chi connectivity index (χ0) is 14.0. The van der Waals surface area contributed by atoms with Gasteiger partial charge >= 0.3 is 12.1 Å². The lowest BCUT2D eigenvalue weighted by atomic mass is 10.5. The first kappa shape index (κ1) is 13.0. The number of rotatable bonds is 3. The maximum atomic E-state index is 12.3. The third-order valence-electron chi connectivity index (χ3n) is 1.91. The highest BCUT2D eigenvalue weighted by Gasteiger charge is 2.35. The lowest BCUT2D eigenvalue weighted by Crippen LogP contribution is -2.07. The fourth-order valence-corrected chi connectivity index (χ4v) is 1.12. The maximum Gasteiger partial charge on any atom is 0.451 e. The van der Waals surface area contributed by atoms with Crippen LogP contribution in [0.4, 0.5) is 13.2 Å². The fourth-order valence-electron chi connectivity index (χ4n) is 1.12. The van der Waals surface area contributed by atoms with Crippen LogP contribution >= 0.6 is 0 Å². The molecule has 102 valence electrons. The van der Waals surface area contributed by atoms with Gasteiger partial charge in [0.05, 0.1) is 6.20 Å². The molecule has 0 atom stereocenters. The summed E-state index contributed by atoms with van der Waals surface area (Å²) in [5, 5.41) is 12.2. The molecule has 0 saturated heterocycles. The van der Waals surface area contributed by atoms with E-state index in [1.165, 1.54) is 13.1 Å². The van der Waals surface area contributed by atoms with Crippen LogP contribution in [0.15, 0.2) is 6.20 Å². The van der Waals surface area contributed by atoms with Crippen LogP contribution in [0.5, 0.6) is 0 Å². The zero-order valence-electron chi connectivity index (χ0n) is 9.47. The Morgan fingerprint density at radius 3 is 2.84 bits per heavy atom. The summed E-state index contributed by atoms with van der Waals surface area (Å²) < 4.78 is 42.5.